The minimum atomic E-state index is -4.58. The Morgan fingerprint density at radius 2 is 1.95 bits per heavy atom. The number of sulfonamides is 1. The van der Waals surface area contributed by atoms with Crippen LogP contribution in [0, 0.1) is 11.3 Å². The van der Waals surface area contributed by atoms with E-state index >= 15 is 0 Å². The first kappa shape index (κ1) is 16.3. The summed E-state index contributed by atoms with van der Waals surface area (Å²) in [7, 11) is -3.31. The highest BCUT2D eigenvalue weighted by Gasteiger charge is 2.33. The summed E-state index contributed by atoms with van der Waals surface area (Å²) in [4.78, 5) is 0. The second-order valence-electron chi connectivity index (χ2n) is 3.96. The van der Waals surface area contributed by atoms with Crippen LogP contribution in [-0.4, -0.2) is 27.8 Å². The summed E-state index contributed by atoms with van der Waals surface area (Å²) in [6.45, 7) is 0.269. The van der Waals surface area contributed by atoms with Crippen LogP contribution >= 0.6 is 0 Å². The number of hydrogen-bond donors (Lipinski definition) is 2. The lowest BCUT2D eigenvalue weighted by molar-refractivity contribution is -0.137. The lowest BCUT2D eigenvalue weighted by Gasteiger charge is -2.11. The van der Waals surface area contributed by atoms with Crippen LogP contribution < -0.4 is 10.0 Å². The highest BCUT2D eigenvalue weighted by atomic mass is 32.2. The lowest BCUT2D eigenvalue weighted by Crippen LogP contribution is -2.27. The zero-order valence-electron chi connectivity index (χ0n) is 10.5. The van der Waals surface area contributed by atoms with Crippen LogP contribution in [0.15, 0.2) is 18.2 Å². The van der Waals surface area contributed by atoms with Gasteiger partial charge < -0.3 is 5.32 Å². The summed E-state index contributed by atoms with van der Waals surface area (Å²) >= 11 is 0. The van der Waals surface area contributed by atoms with Gasteiger partial charge in [-0.1, -0.05) is 0 Å². The fourth-order valence-electron chi connectivity index (χ4n) is 1.44. The van der Waals surface area contributed by atoms with Crippen LogP contribution in [0.3, 0.4) is 0 Å². The molecule has 0 aliphatic rings. The Kier molecular flexibility index (Phi) is 4.97. The quantitative estimate of drug-likeness (QED) is 0.808. The van der Waals surface area contributed by atoms with Gasteiger partial charge >= 0.3 is 6.18 Å². The molecule has 0 heterocycles. The Balaban J connectivity index is 2.73. The van der Waals surface area contributed by atoms with Crippen molar-refractivity contribution in [1.82, 2.24) is 4.72 Å². The summed E-state index contributed by atoms with van der Waals surface area (Å²) in [5.41, 5.74) is -1.18. The van der Waals surface area contributed by atoms with Crippen LogP contribution in [0.25, 0.3) is 0 Å². The van der Waals surface area contributed by atoms with Crippen molar-refractivity contribution in [3.63, 3.8) is 0 Å². The first-order valence-corrected chi connectivity index (χ1v) is 7.32. The Morgan fingerprint density at radius 1 is 1.30 bits per heavy atom. The molecule has 0 saturated carbocycles. The molecule has 2 N–H and O–H groups in total. The van der Waals surface area contributed by atoms with Gasteiger partial charge in [-0.3, -0.25) is 0 Å². The molecule has 1 aromatic rings. The van der Waals surface area contributed by atoms with Gasteiger partial charge in [-0.2, -0.15) is 18.4 Å². The maximum Gasteiger partial charge on any atom is 0.417 e. The number of anilines is 1. The summed E-state index contributed by atoms with van der Waals surface area (Å²) in [5.74, 6) is 0. The monoisotopic (exact) mass is 307 g/mol. The summed E-state index contributed by atoms with van der Waals surface area (Å²) in [6, 6.07) is 4.55. The molecule has 110 valence electrons. The van der Waals surface area contributed by atoms with E-state index in [-0.39, 0.29) is 13.1 Å². The predicted molar refractivity (Wildman–Crippen MR) is 67.5 cm³/mol. The molecule has 0 amide bonds. The third kappa shape index (κ3) is 5.07. The van der Waals surface area contributed by atoms with Gasteiger partial charge in [-0.05, 0) is 18.2 Å². The Hall–Kier alpha value is -1.79. The van der Waals surface area contributed by atoms with E-state index in [9.17, 15) is 21.6 Å². The van der Waals surface area contributed by atoms with Gasteiger partial charge in [0.05, 0.1) is 23.5 Å². The molecule has 20 heavy (non-hydrogen) atoms. The average molecular weight is 307 g/mol. The van der Waals surface area contributed by atoms with Gasteiger partial charge in [0.2, 0.25) is 10.0 Å². The minimum Gasteiger partial charge on any atom is -0.384 e. The van der Waals surface area contributed by atoms with Crippen molar-refractivity contribution >= 4 is 15.7 Å². The SMILES string of the molecule is CS(=O)(=O)NCCNc1ccc(C(F)(F)F)c(C#N)c1. The van der Waals surface area contributed by atoms with Gasteiger partial charge in [-0.25, -0.2) is 13.1 Å². The largest absolute Gasteiger partial charge is 0.417 e. The predicted octanol–water partition coefficient (Wildman–Crippen LogP) is 1.54. The van der Waals surface area contributed by atoms with E-state index in [0.29, 0.717) is 5.69 Å². The summed E-state index contributed by atoms with van der Waals surface area (Å²) in [6.07, 6.45) is -3.58. The van der Waals surface area contributed by atoms with Gasteiger partial charge in [0.15, 0.2) is 0 Å². The molecule has 0 radical (unpaired) electrons. The molecule has 0 fully saturated rings. The summed E-state index contributed by atoms with van der Waals surface area (Å²) < 4.78 is 61.5. The first-order valence-electron chi connectivity index (χ1n) is 5.43. The molecular weight excluding hydrogens is 295 g/mol. The van der Waals surface area contributed by atoms with Crippen LogP contribution in [0.4, 0.5) is 18.9 Å². The average Bonchev–Trinajstić information content (AvgIpc) is 2.32. The number of nitrogens with one attached hydrogen (secondary N) is 2. The van der Waals surface area contributed by atoms with Crippen molar-refractivity contribution in [1.29, 1.82) is 5.26 Å². The molecule has 0 atom stereocenters. The van der Waals surface area contributed by atoms with E-state index in [0.717, 1.165) is 18.4 Å². The van der Waals surface area contributed by atoms with Crippen LogP contribution in [-0.2, 0) is 16.2 Å². The van der Waals surface area contributed by atoms with E-state index in [2.05, 4.69) is 10.0 Å². The Labute approximate surface area is 114 Å². The molecule has 5 nitrogen and oxygen atoms in total. The number of rotatable bonds is 5. The molecule has 0 bridgehead atoms. The molecule has 0 spiro atoms. The van der Waals surface area contributed by atoms with Crippen molar-refractivity contribution in [3.05, 3.63) is 29.3 Å². The van der Waals surface area contributed by atoms with E-state index < -0.39 is 27.3 Å². The lowest BCUT2D eigenvalue weighted by atomic mass is 10.1. The molecule has 1 rings (SSSR count). The van der Waals surface area contributed by atoms with E-state index in [1.54, 1.807) is 0 Å². The fourth-order valence-corrected chi connectivity index (χ4v) is 1.91. The van der Waals surface area contributed by atoms with E-state index in [4.69, 9.17) is 5.26 Å². The topological polar surface area (TPSA) is 82.0 Å². The smallest absolute Gasteiger partial charge is 0.384 e. The van der Waals surface area contributed by atoms with Gasteiger partial charge in [0.25, 0.3) is 0 Å². The molecule has 0 unspecified atom stereocenters. The maximum absolute atomic E-state index is 12.6. The second kappa shape index (κ2) is 6.11. The molecule has 1 aromatic carbocycles. The van der Waals surface area contributed by atoms with Crippen molar-refractivity contribution in [2.45, 2.75) is 6.18 Å². The van der Waals surface area contributed by atoms with E-state index in [1.165, 1.54) is 12.1 Å². The van der Waals surface area contributed by atoms with Crippen LogP contribution in [0.1, 0.15) is 11.1 Å². The Bertz CT molecular complexity index is 621. The number of alkyl halides is 3. The zero-order valence-corrected chi connectivity index (χ0v) is 11.3. The molecular formula is C11H12F3N3O2S. The minimum absolute atomic E-state index is 0.0851. The summed E-state index contributed by atoms with van der Waals surface area (Å²) in [5, 5.41) is 11.4. The maximum atomic E-state index is 12.6. The van der Waals surface area contributed by atoms with Crippen molar-refractivity contribution in [2.24, 2.45) is 0 Å². The van der Waals surface area contributed by atoms with Crippen LogP contribution in [0.2, 0.25) is 0 Å². The highest BCUT2D eigenvalue weighted by molar-refractivity contribution is 7.88. The van der Waals surface area contributed by atoms with Crippen molar-refractivity contribution in [3.8, 4) is 6.07 Å². The third-order valence-corrected chi connectivity index (χ3v) is 2.99. The molecule has 0 saturated heterocycles. The highest BCUT2D eigenvalue weighted by Crippen LogP contribution is 2.32. The zero-order chi connectivity index (χ0) is 15.4. The molecule has 9 heteroatoms. The number of benzene rings is 1. The van der Waals surface area contributed by atoms with Gasteiger partial charge in [-0.15, -0.1) is 0 Å². The van der Waals surface area contributed by atoms with Crippen molar-refractivity contribution in [2.75, 3.05) is 24.7 Å². The number of nitriles is 1. The van der Waals surface area contributed by atoms with Crippen LogP contribution in [0.5, 0.6) is 0 Å². The normalized spacial score (nSPS) is 11.9. The first-order chi connectivity index (χ1) is 9.13. The second-order valence-corrected chi connectivity index (χ2v) is 5.80. The fraction of sp³-hybridized carbons (Fsp3) is 0.364. The molecule has 0 aliphatic carbocycles. The Morgan fingerprint density at radius 3 is 2.45 bits per heavy atom. The number of nitrogens with zero attached hydrogens (tertiary/aromatic N) is 1. The van der Waals surface area contributed by atoms with Crippen molar-refractivity contribution < 1.29 is 21.6 Å². The molecule has 0 aliphatic heterocycles. The van der Waals surface area contributed by atoms with E-state index in [1.807, 2.05) is 0 Å². The molecule has 0 aromatic heterocycles. The standard InChI is InChI=1S/C11H12F3N3O2S/c1-20(18,19)17-5-4-16-9-2-3-10(11(12,13)14)8(6-9)7-15/h2-3,6,16-17H,4-5H2,1H3. The van der Waals surface area contributed by atoms with Gasteiger partial charge in [0.1, 0.15) is 0 Å². The number of hydrogen-bond acceptors (Lipinski definition) is 4. The number of halogens is 3. The third-order valence-electron chi connectivity index (χ3n) is 2.26. The van der Waals surface area contributed by atoms with Gasteiger partial charge in [0, 0.05) is 18.8 Å².